The number of aromatic carboxylic acids is 1. The number of rotatable bonds is 2. The van der Waals surface area contributed by atoms with Crippen LogP contribution in [0.1, 0.15) is 17.3 Å². The third kappa shape index (κ3) is 2.09. The first-order valence-corrected chi connectivity index (χ1v) is 5.58. The van der Waals surface area contributed by atoms with E-state index < -0.39 is 12.1 Å². The summed E-state index contributed by atoms with van der Waals surface area (Å²) in [5.41, 5.74) is 0.473. The Balaban J connectivity index is 2.41. The summed E-state index contributed by atoms with van der Waals surface area (Å²) in [7, 11) is 0. The third-order valence-electron chi connectivity index (χ3n) is 2.56. The zero-order valence-electron chi connectivity index (χ0n) is 9.88. The maximum absolute atomic E-state index is 11.7. The molecular weight excluding hydrogens is 238 g/mol. The molecule has 1 aliphatic heterocycles. The number of carboxylic acid groups (broad SMARTS) is 1. The fourth-order valence-electron chi connectivity index (χ4n) is 1.81. The Morgan fingerprint density at radius 1 is 1.50 bits per heavy atom. The van der Waals surface area contributed by atoms with Gasteiger partial charge in [-0.3, -0.25) is 4.90 Å². The molecule has 1 heterocycles. The van der Waals surface area contributed by atoms with Gasteiger partial charge in [0.2, 0.25) is 0 Å². The van der Waals surface area contributed by atoms with Crippen LogP contribution in [0, 0.1) is 0 Å². The standard InChI is InChI=1S/C12H13NO5/c1-2-17-12(16)13-6-7-18-10-8(11(14)15)4-3-5-9(10)13/h3-5H,2,6-7H2,1H3,(H,14,15). The summed E-state index contributed by atoms with van der Waals surface area (Å²) >= 11 is 0. The van der Waals surface area contributed by atoms with Crippen LogP contribution in [0.5, 0.6) is 5.75 Å². The van der Waals surface area contributed by atoms with E-state index in [4.69, 9.17) is 14.6 Å². The number of amides is 1. The lowest BCUT2D eigenvalue weighted by Gasteiger charge is -2.29. The average Bonchev–Trinajstić information content (AvgIpc) is 2.37. The minimum atomic E-state index is -1.09. The summed E-state index contributed by atoms with van der Waals surface area (Å²) in [4.78, 5) is 24.2. The molecule has 6 nitrogen and oxygen atoms in total. The van der Waals surface area contributed by atoms with Gasteiger partial charge in [0.25, 0.3) is 0 Å². The second-order valence-electron chi connectivity index (χ2n) is 3.66. The van der Waals surface area contributed by atoms with Crippen molar-refractivity contribution in [3.8, 4) is 5.75 Å². The molecule has 0 atom stereocenters. The van der Waals surface area contributed by atoms with Crippen molar-refractivity contribution in [1.29, 1.82) is 0 Å². The van der Waals surface area contributed by atoms with Crippen molar-refractivity contribution >= 4 is 17.7 Å². The van der Waals surface area contributed by atoms with Crippen molar-refractivity contribution in [2.75, 3.05) is 24.7 Å². The van der Waals surface area contributed by atoms with Crippen molar-refractivity contribution in [2.45, 2.75) is 6.92 Å². The maximum Gasteiger partial charge on any atom is 0.414 e. The van der Waals surface area contributed by atoms with E-state index in [1.165, 1.54) is 11.0 Å². The van der Waals surface area contributed by atoms with Gasteiger partial charge in [-0.15, -0.1) is 0 Å². The van der Waals surface area contributed by atoms with Crippen LogP contribution >= 0.6 is 0 Å². The second kappa shape index (κ2) is 4.95. The maximum atomic E-state index is 11.7. The molecule has 0 fully saturated rings. The lowest BCUT2D eigenvalue weighted by Crippen LogP contribution is -2.38. The predicted octanol–water partition coefficient (Wildman–Crippen LogP) is 1.74. The number of nitrogens with zero attached hydrogens (tertiary/aromatic N) is 1. The average molecular weight is 251 g/mol. The molecule has 0 aliphatic carbocycles. The van der Waals surface area contributed by atoms with Gasteiger partial charge >= 0.3 is 12.1 Å². The van der Waals surface area contributed by atoms with E-state index in [-0.39, 0.29) is 24.5 Å². The lowest BCUT2D eigenvalue weighted by molar-refractivity contribution is 0.0691. The molecule has 1 amide bonds. The predicted molar refractivity (Wildman–Crippen MR) is 63.3 cm³/mol. The van der Waals surface area contributed by atoms with Crippen LogP contribution in [0.2, 0.25) is 0 Å². The zero-order chi connectivity index (χ0) is 13.1. The van der Waals surface area contributed by atoms with Crippen molar-refractivity contribution in [2.24, 2.45) is 0 Å². The number of carbonyl (C=O) groups excluding carboxylic acids is 1. The van der Waals surface area contributed by atoms with Gasteiger partial charge in [0.05, 0.1) is 18.8 Å². The molecule has 6 heteroatoms. The molecule has 96 valence electrons. The molecular formula is C12H13NO5. The molecule has 1 aromatic rings. The van der Waals surface area contributed by atoms with Crippen molar-refractivity contribution in [3.05, 3.63) is 23.8 Å². The van der Waals surface area contributed by atoms with Crippen LogP contribution in [0.25, 0.3) is 0 Å². The van der Waals surface area contributed by atoms with E-state index in [2.05, 4.69) is 0 Å². The van der Waals surface area contributed by atoms with Crippen LogP contribution in [0.4, 0.5) is 10.5 Å². The number of anilines is 1. The largest absolute Gasteiger partial charge is 0.489 e. The highest BCUT2D eigenvalue weighted by atomic mass is 16.6. The molecule has 0 bridgehead atoms. The van der Waals surface area contributed by atoms with Crippen molar-refractivity contribution in [3.63, 3.8) is 0 Å². The normalized spacial score (nSPS) is 13.5. The van der Waals surface area contributed by atoms with Gasteiger partial charge in [0.15, 0.2) is 5.75 Å². The quantitative estimate of drug-likeness (QED) is 0.866. The molecule has 0 saturated heterocycles. The van der Waals surface area contributed by atoms with Gasteiger partial charge in [-0.25, -0.2) is 9.59 Å². The SMILES string of the molecule is CCOC(=O)N1CCOc2c(C(=O)O)cccc21. The number of hydrogen-bond donors (Lipinski definition) is 1. The van der Waals surface area contributed by atoms with E-state index in [9.17, 15) is 9.59 Å². The summed E-state index contributed by atoms with van der Waals surface area (Å²) < 4.78 is 10.3. The summed E-state index contributed by atoms with van der Waals surface area (Å²) in [5.74, 6) is -0.873. The van der Waals surface area contributed by atoms with E-state index in [1.807, 2.05) is 0 Å². The smallest absolute Gasteiger partial charge is 0.414 e. The van der Waals surface area contributed by atoms with Crippen LogP contribution in [0.3, 0.4) is 0 Å². The van der Waals surface area contributed by atoms with E-state index >= 15 is 0 Å². The van der Waals surface area contributed by atoms with E-state index in [0.717, 1.165) is 0 Å². The lowest BCUT2D eigenvalue weighted by atomic mass is 10.1. The van der Waals surface area contributed by atoms with Gasteiger partial charge in [0, 0.05) is 0 Å². The Labute approximate surface area is 104 Å². The third-order valence-corrected chi connectivity index (χ3v) is 2.56. The summed E-state index contributed by atoms with van der Waals surface area (Å²) in [6.07, 6.45) is -0.496. The topological polar surface area (TPSA) is 76.1 Å². The van der Waals surface area contributed by atoms with Gasteiger partial charge in [-0.05, 0) is 19.1 Å². The molecule has 1 N–H and O–H groups in total. The Morgan fingerprint density at radius 3 is 2.94 bits per heavy atom. The molecule has 0 radical (unpaired) electrons. The number of ether oxygens (including phenoxy) is 2. The first-order valence-electron chi connectivity index (χ1n) is 5.58. The van der Waals surface area contributed by atoms with Gasteiger partial charge in [0.1, 0.15) is 12.2 Å². The highest BCUT2D eigenvalue weighted by Gasteiger charge is 2.28. The minimum absolute atomic E-state index is 0.0431. The van der Waals surface area contributed by atoms with E-state index in [0.29, 0.717) is 12.2 Å². The first-order chi connectivity index (χ1) is 8.65. The fraction of sp³-hybridized carbons (Fsp3) is 0.333. The second-order valence-corrected chi connectivity index (χ2v) is 3.66. The minimum Gasteiger partial charge on any atom is -0.489 e. The Morgan fingerprint density at radius 2 is 2.28 bits per heavy atom. The number of hydrogen-bond acceptors (Lipinski definition) is 4. The highest BCUT2D eigenvalue weighted by Crippen LogP contribution is 2.35. The molecule has 2 rings (SSSR count). The number of carbonyl (C=O) groups is 2. The summed E-state index contributed by atoms with van der Waals surface area (Å²) in [5, 5.41) is 9.05. The molecule has 0 aromatic heterocycles. The van der Waals surface area contributed by atoms with Crippen LogP contribution < -0.4 is 9.64 Å². The number of carboxylic acids is 1. The summed E-state index contributed by atoms with van der Waals surface area (Å²) in [6.45, 7) is 2.57. The van der Waals surface area contributed by atoms with Crippen molar-refractivity contribution < 1.29 is 24.2 Å². The fourth-order valence-corrected chi connectivity index (χ4v) is 1.81. The molecule has 0 unspecified atom stereocenters. The number of fused-ring (bicyclic) bond motifs is 1. The number of benzene rings is 1. The molecule has 0 saturated carbocycles. The first kappa shape index (κ1) is 12.2. The monoisotopic (exact) mass is 251 g/mol. The van der Waals surface area contributed by atoms with Crippen LogP contribution in [-0.2, 0) is 4.74 Å². The molecule has 1 aliphatic rings. The van der Waals surface area contributed by atoms with Crippen LogP contribution in [-0.4, -0.2) is 36.9 Å². The van der Waals surface area contributed by atoms with E-state index in [1.54, 1.807) is 19.1 Å². The Bertz CT molecular complexity index is 485. The Kier molecular flexibility index (Phi) is 3.36. The van der Waals surface area contributed by atoms with Crippen LogP contribution in [0.15, 0.2) is 18.2 Å². The Hall–Kier alpha value is -2.24. The zero-order valence-corrected chi connectivity index (χ0v) is 9.88. The summed E-state index contributed by atoms with van der Waals surface area (Å²) in [6, 6.07) is 4.65. The molecule has 18 heavy (non-hydrogen) atoms. The van der Waals surface area contributed by atoms with Gasteiger partial charge < -0.3 is 14.6 Å². The molecule has 1 aromatic carbocycles. The molecule has 0 spiro atoms. The van der Waals surface area contributed by atoms with Crippen molar-refractivity contribution in [1.82, 2.24) is 0 Å². The van der Waals surface area contributed by atoms with Gasteiger partial charge in [-0.2, -0.15) is 0 Å². The number of para-hydroxylation sites is 1. The van der Waals surface area contributed by atoms with Gasteiger partial charge in [-0.1, -0.05) is 6.07 Å². The highest BCUT2D eigenvalue weighted by molar-refractivity contribution is 5.97.